The summed E-state index contributed by atoms with van der Waals surface area (Å²) in [6.45, 7) is 1.54. The lowest BCUT2D eigenvalue weighted by atomic mass is 10.2. The molecule has 2 rings (SSSR count). The highest BCUT2D eigenvalue weighted by atomic mass is 35.5. The molecule has 1 aromatic heterocycles. The van der Waals surface area contributed by atoms with E-state index in [0.29, 0.717) is 10.8 Å². The van der Waals surface area contributed by atoms with Crippen molar-refractivity contribution in [1.29, 1.82) is 0 Å². The zero-order valence-electron chi connectivity index (χ0n) is 11.0. The monoisotopic (exact) mass is 309 g/mol. The van der Waals surface area contributed by atoms with E-state index < -0.39 is 11.9 Å². The first-order chi connectivity index (χ1) is 9.88. The topological polar surface area (TPSA) is 99.8 Å². The van der Waals surface area contributed by atoms with E-state index in [9.17, 15) is 14.7 Å². The van der Waals surface area contributed by atoms with E-state index in [2.05, 4.69) is 5.32 Å². The van der Waals surface area contributed by atoms with Gasteiger partial charge in [-0.2, -0.15) is 0 Å². The number of benzene rings is 1. The number of furan rings is 1. The number of nitrogens with one attached hydrogen (secondary N) is 1. The van der Waals surface area contributed by atoms with Crippen LogP contribution in [0.5, 0.6) is 5.75 Å². The summed E-state index contributed by atoms with van der Waals surface area (Å²) in [5, 5.41) is 21.4. The molecule has 0 unspecified atom stereocenters. The number of hydrogen-bond donors (Lipinski definition) is 3. The molecule has 0 spiro atoms. The summed E-state index contributed by atoms with van der Waals surface area (Å²) < 4.78 is 5.23. The standard InChI is InChI=1S/C14H12ClNO5/c1-7-11(14(19)20)5-9(21-7)6-16-13(18)10-3-2-8(15)4-12(10)17/h2-5,17H,6H2,1H3,(H,16,18)(H,19,20). The third-order valence-electron chi connectivity index (χ3n) is 2.83. The number of rotatable bonds is 4. The summed E-state index contributed by atoms with van der Waals surface area (Å²) in [6, 6.07) is 5.48. The van der Waals surface area contributed by atoms with E-state index in [1.807, 2.05) is 0 Å². The maximum atomic E-state index is 11.9. The summed E-state index contributed by atoms with van der Waals surface area (Å²) in [7, 11) is 0. The molecule has 0 saturated heterocycles. The molecule has 0 saturated carbocycles. The van der Waals surface area contributed by atoms with Crippen molar-refractivity contribution in [3.63, 3.8) is 0 Å². The lowest BCUT2D eigenvalue weighted by Gasteiger charge is -2.05. The molecule has 2 aromatic rings. The van der Waals surface area contributed by atoms with Gasteiger partial charge in [0, 0.05) is 5.02 Å². The number of amides is 1. The van der Waals surface area contributed by atoms with Crippen LogP contribution in [0.2, 0.25) is 5.02 Å². The van der Waals surface area contributed by atoms with Gasteiger partial charge in [-0.3, -0.25) is 4.79 Å². The van der Waals surface area contributed by atoms with Gasteiger partial charge in [-0.1, -0.05) is 11.6 Å². The van der Waals surface area contributed by atoms with Gasteiger partial charge in [-0.25, -0.2) is 4.79 Å². The molecule has 21 heavy (non-hydrogen) atoms. The van der Waals surface area contributed by atoms with Gasteiger partial charge < -0.3 is 19.9 Å². The molecule has 0 radical (unpaired) electrons. The SMILES string of the molecule is Cc1oc(CNC(=O)c2ccc(Cl)cc2O)cc1C(=O)O. The number of halogens is 1. The average Bonchev–Trinajstić information content (AvgIpc) is 2.77. The Morgan fingerprint density at radius 3 is 2.57 bits per heavy atom. The summed E-state index contributed by atoms with van der Waals surface area (Å²) >= 11 is 5.68. The van der Waals surface area contributed by atoms with Crippen LogP contribution < -0.4 is 5.32 Å². The van der Waals surface area contributed by atoms with Crippen molar-refractivity contribution >= 4 is 23.5 Å². The molecule has 0 aliphatic carbocycles. The molecule has 0 bridgehead atoms. The van der Waals surface area contributed by atoms with Crippen molar-refractivity contribution in [3.8, 4) is 5.75 Å². The van der Waals surface area contributed by atoms with Gasteiger partial charge >= 0.3 is 5.97 Å². The Morgan fingerprint density at radius 1 is 1.29 bits per heavy atom. The number of carbonyl (C=O) groups excluding carboxylic acids is 1. The Bertz CT molecular complexity index is 707. The maximum Gasteiger partial charge on any atom is 0.339 e. The minimum atomic E-state index is -1.09. The minimum Gasteiger partial charge on any atom is -0.507 e. The summed E-state index contributed by atoms with van der Waals surface area (Å²) in [5.74, 6) is -1.27. The number of phenols is 1. The van der Waals surface area contributed by atoms with Crippen LogP contribution in [0, 0.1) is 6.92 Å². The van der Waals surface area contributed by atoms with Crippen LogP contribution >= 0.6 is 11.6 Å². The molecule has 6 nitrogen and oxygen atoms in total. The second-order valence-corrected chi connectivity index (χ2v) is 4.77. The molecular weight excluding hydrogens is 298 g/mol. The number of phenolic OH excluding ortho intramolecular Hbond substituents is 1. The highest BCUT2D eigenvalue weighted by molar-refractivity contribution is 6.30. The van der Waals surface area contributed by atoms with Gasteiger partial charge in [0.1, 0.15) is 22.8 Å². The Morgan fingerprint density at radius 2 is 2.00 bits per heavy atom. The molecule has 0 fully saturated rings. The maximum absolute atomic E-state index is 11.9. The third-order valence-corrected chi connectivity index (χ3v) is 3.06. The number of aryl methyl sites for hydroxylation is 1. The number of carbonyl (C=O) groups is 2. The van der Waals surface area contributed by atoms with Crippen LogP contribution in [0.25, 0.3) is 0 Å². The average molecular weight is 310 g/mol. The molecule has 7 heteroatoms. The zero-order valence-corrected chi connectivity index (χ0v) is 11.8. The van der Waals surface area contributed by atoms with E-state index >= 15 is 0 Å². The van der Waals surface area contributed by atoms with Crippen LogP contribution in [-0.4, -0.2) is 22.1 Å². The smallest absolute Gasteiger partial charge is 0.339 e. The number of hydrogen-bond acceptors (Lipinski definition) is 4. The molecule has 1 aromatic carbocycles. The lowest BCUT2D eigenvalue weighted by molar-refractivity contribution is 0.0694. The van der Waals surface area contributed by atoms with Crippen LogP contribution in [0.1, 0.15) is 32.2 Å². The second-order valence-electron chi connectivity index (χ2n) is 4.33. The largest absolute Gasteiger partial charge is 0.507 e. The molecular formula is C14H12ClNO5. The summed E-state index contributed by atoms with van der Waals surface area (Å²) in [5.41, 5.74) is 0.120. The van der Waals surface area contributed by atoms with Crippen molar-refractivity contribution in [2.75, 3.05) is 0 Å². The van der Waals surface area contributed by atoms with E-state index in [0.717, 1.165) is 0 Å². The predicted octanol–water partition coefficient (Wildman–Crippen LogP) is 2.58. The Hall–Kier alpha value is -2.47. The van der Waals surface area contributed by atoms with E-state index in [1.165, 1.54) is 31.2 Å². The van der Waals surface area contributed by atoms with E-state index in [4.69, 9.17) is 21.1 Å². The summed E-state index contributed by atoms with van der Waals surface area (Å²) in [6.07, 6.45) is 0. The van der Waals surface area contributed by atoms with Crippen LogP contribution in [0.15, 0.2) is 28.7 Å². The first-order valence-corrected chi connectivity index (χ1v) is 6.35. The van der Waals surface area contributed by atoms with Crippen LogP contribution in [-0.2, 0) is 6.54 Å². The first-order valence-electron chi connectivity index (χ1n) is 5.98. The quantitative estimate of drug-likeness (QED) is 0.806. The lowest BCUT2D eigenvalue weighted by Crippen LogP contribution is -2.22. The highest BCUT2D eigenvalue weighted by Gasteiger charge is 2.15. The van der Waals surface area contributed by atoms with Crippen LogP contribution in [0.4, 0.5) is 0 Å². The van der Waals surface area contributed by atoms with Gasteiger partial charge in [0.2, 0.25) is 0 Å². The number of aromatic hydroxyl groups is 1. The van der Waals surface area contributed by atoms with Gasteiger partial charge in [-0.15, -0.1) is 0 Å². The minimum absolute atomic E-state index is 0.00895. The highest BCUT2D eigenvalue weighted by Crippen LogP contribution is 2.22. The van der Waals surface area contributed by atoms with Gasteiger partial charge in [0.25, 0.3) is 5.91 Å². The molecule has 1 amide bonds. The van der Waals surface area contributed by atoms with Crippen molar-refractivity contribution < 1.29 is 24.2 Å². The van der Waals surface area contributed by atoms with Gasteiger partial charge in [0.15, 0.2) is 0 Å². The molecule has 3 N–H and O–H groups in total. The molecule has 1 heterocycles. The predicted molar refractivity (Wildman–Crippen MR) is 74.7 cm³/mol. The van der Waals surface area contributed by atoms with Crippen molar-refractivity contribution in [2.45, 2.75) is 13.5 Å². The molecule has 0 aliphatic heterocycles. The fourth-order valence-electron chi connectivity index (χ4n) is 1.80. The van der Waals surface area contributed by atoms with Gasteiger partial charge in [0.05, 0.1) is 12.1 Å². The number of carboxylic acid groups (broad SMARTS) is 1. The first kappa shape index (κ1) is 14.9. The molecule has 0 atom stereocenters. The Labute approximate surface area is 125 Å². The third kappa shape index (κ3) is 3.35. The van der Waals surface area contributed by atoms with Crippen molar-refractivity contribution in [2.24, 2.45) is 0 Å². The van der Waals surface area contributed by atoms with E-state index in [-0.39, 0.29) is 29.2 Å². The number of carboxylic acids is 1. The van der Waals surface area contributed by atoms with E-state index in [1.54, 1.807) is 0 Å². The number of aromatic carboxylic acids is 1. The second kappa shape index (κ2) is 5.88. The van der Waals surface area contributed by atoms with Crippen LogP contribution in [0.3, 0.4) is 0 Å². The summed E-state index contributed by atoms with van der Waals surface area (Å²) in [4.78, 5) is 22.8. The van der Waals surface area contributed by atoms with Gasteiger partial charge in [-0.05, 0) is 31.2 Å². The fraction of sp³-hybridized carbons (Fsp3) is 0.143. The zero-order chi connectivity index (χ0) is 15.6. The fourth-order valence-corrected chi connectivity index (χ4v) is 1.97. The normalized spacial score (nSPS) is 10.4. The van der Waals surface area contributed by atoms with Crippen molar-refractivity contribution in [1.82, 2.24) is 5.32 Å². The Balaban J connectivity index is 2.07. The Kier molecular flexibility index (Phi) is 4.18. The molecule has 110 valence electrons. The molecule has 0 aliphatic rings. The van der Waals surface area contributed by atoms with Crippen molar-refractivity contribution in [3.05, 3.63) is 51.9 Å².